The smallest absolute Gasteiger partial charge is 0.151 e. The van der Waals surface area contributed by atoms with Crippen molar-refractivity contribution >= 4 is 0 Å². The van der Waals surface area contributed by atoms with Gasteiger partial charge in [-0.25, -0.2) is 4.98 Å². The van der Waals surface area contributed by atoms with Crippen molar-refractivity contribution in [3.8, 4) is 11.5 Å². The lowest BCUT2D eigenvalue weighted by Crippen LogP contribution is -2.27. The molecule has 4 heteroatoms. The van der Waals surface area contributed by atoms with Crippen molar-refractivity contribution in [2.45, 2.75) is 18.8 Å². The largest absolute Gasteiger partial charge is 0.463 e. The van der Waals surface area contributed by atoms with Crippen LogP contribution < -0.4 is 5.32 Å². The number of nitrogens with one attached hydrogen (secondary N) is 2. The average Bonchev–Trinajstić information content (AvgIpc) is 3.01. The number of hydrogen-bond acceptors (Lipinski definition) is 3. The quantitative estimate of drug-likeness (QED) is 0.810. The maximum absolute atomic E-state index is 5.34. The molecule has 1 aliphatic rings. The summed E-state index contributed by atoms with van der Waals surface area (Å²) < 4.78 is 5.34. The first-order valence-electron chi connectivity index (χ1n) is 5.73. The Morgan fingerprint density at radius 2 is 2.19 bits per heavy atom. The average molecular weight is 217 g/mol. The van der Waals surface area contributed by atoms with Gasteiger partial charge in [-0.2, -0.15) is 0 Å². The van der Waals surface area contributed by atoms with E-state index in [1.165, 1.54) is 0 Å². The summed E-state index contributed by atoms with van der Waals surface area (Å²) in [7, 11) is 0. The van der Waals surface area contributed by atoms with E-state index >= 15 is 0 Å². The third-order valence-corrected chi connectivity index (χ3v) is 3.11. The van der Waals surface area contributed by atoms with Crippen molar-refractivity contribution in [2.24, 2.45) is 0 Å². The number of rotatable bonds is 2. The molecule has 0 radical (unpaired) electrons. The Bertz CT molecular complexity index is 441. The van der Waals surface area contributed by atoms with E-state index in [0.29, 0.717) is 5.92 Å². The molecule has 4 nitrogen and oxygen atoms in total. The number of H-pyrrole nitrogens is 1. The van der Waals surface area contributed by atoms with E-state index < -0.39 is 0 Å². The lowest BCUT2D eigenvalue weighted by atomic mass is 9.98. The van der Waals surface area contributed by atoms with Gasteiger partial charge in [0.25, 0.3) is 0 Å². The van der Waals surface area contributed by atoms with Crippen molar-refractivity contribution in [1.82, 2.24) is 15.3 Å². The molecule has 3 rings (SSSR count). The molecule has 84 valence electrons. The van der Waals surface area contributed by atoms with Crippen LogP contribution in [0.3, 0.4) is 0 Å². The van der Waals surface area contributed by atoms with Crippen LogP contribution in [0.4, 0.5) is 0 Å². The Balaban J connectivity index is 1.82. The number of nitrogens with zero attached hydrogens (tertiary/aromatic N) is 1. The molecule has 0 aromatic carbocycles. The Morgan fingerprint density at radius 1 is 1.31 bits per heavy atom. The van der Waals surface area contributed by atoms with Crippen molar-refractivity contribution in [1.29, 1.82) is 0 Å². The summed E-state index contributed by atoms with van der Waals surface area (Å²) in [5.41, 5.74) is 0.971. The van der Waals surface area contributed by atoms with Crippen LogP contribution in [0.15, 0.2) is 29.0 Å². The molecular formula is C12H15N3O. The third-order valence-electron chi connectivity index (χ3n) is 3.11. The fraction of sp³-hybridized carbons (Fsp3) is 0.417. The minimum absolute atomic E-state index is 0.560. The van der Waals surface area contributed by atoms with Gasteiger partial charge in [-0.15, -0.1) is 0 Å². The number of piperidine rings is 1. The van der Waals surface area contributed by atoms with Crippen LogP contribution in [0, 0.1) is 0 Å². The first-order valence-corrected chi connectivity index (χ1v) is 5.73. The zero-order chi connectivity index (χ0) is 10.8. The summed E-state index contributed by atoms with van der Waals surface area (Å²) in [6, 6.07) is 3.83. The molecule has 1 aliphatic heterocycles. The molecule has 1 fully saturated rings. The van der Waals surface area contributed by atoms with Crippen LogP contribution in [0.5, 0.6) is 0 Å². The molecule has 2 N–H and O–H groups in total. The van der Waals surface area contributed by atoms with Gasteiger partial charge in [0.15, 0.2) is 5.76 Å². The van der Waals surface area contributed by atoms with Crippen LogP contribution in [0.1, 0.15) is 24.6 Å². The summed E-state index contributed by atoms with van der Waals surface area (Å²) >= 11 is 0. The van der Waals surface area contributed by atoms with Gasteiger partial charge in [-0.1, -0.05) is 0 Å². The topological polar surface area (TPSA) is 53.9 Å². The summed E-state index contributed by atoms with van der Waals surface area (Å²) in [6.07, 6.45) is 5.85. The summed E-state index contributed by atoms with van der Waals surface area (Å²) in [5.74, 6) is 2.51. The van der Waals surface area contributed by atoms with Crippen molar-refractivity contribution in [3.63, 3.8) is 0 Å². The molecule has 0 aliphatic carbocycles. The molecule has 0 amide bonds. The number of aromatic amines is 1. The van der Waals surface area contributed by atoms with Gasteiger partial charge in [0.05, 0.1) is 12.5 Å². The molecule has 16 heavy (non-hydrogen) atoms. The Kier molecular flexibility index (Phi) is 2.50. The molecular weight excluding hydrogens is 202 g/mol. The molecule has 0 saturated carbocycles. The number of hydrogen-bond donors (Lipinski definition) is 2. The third kappa shape index (κ3) is 1.76. The second-order valence-electron chi connectivity index (χ2n) is 4.18. The fourth-order valence-electron chi connectivity index (χ4n) is 2.20. The Labute approximate surface area is 94.1 Å². The molecule has 0 spiro atoms. The maximum atomic E-state index is 5.34. The minimum Gasteiger partial charge on any atom is -0.463 e. The lowest BCUT2D eigenvalue weighted by Gasteiger charge is -2.20. The Hall–Kier alpha value is -1.55. The van der Waals surface area contributed by atoms with Crippen LogP contribution >= 0.6 is 0 Å². The van der Waals surface area contributed by atoms with Crippen LogP contribution in [-0.2, 0) is 0 Å². The standard InChI is InChI=1S/C12H15N3O/c1-2-11(16-7-1)10-8-14-12(15-10)9-3-5-13-6-4-9/h1-2,7-9,13H,3-6H2,(H,14,15). The normalized spacial score (nSPS) is 17.8. The summed E-state index contributed by atoms with van der Waals surface area (Å²) in [5, 5.41) is 3.36. The lowest BCUT2D eigenvalue weighted by molar-refractivity contribution is 0.447. The van der Waals surface area contributed by atoms with Gasteiger partial charge in [0.1, 0.15) is 11.5 Å². The number of imidazole rings is 1. The predicted octanol–water partition coefficient (Wildman–Crippen LogP) is 2.14. The van der Waals surface area contributed by atoms with Gasteiger partial charge in [0.2, 0.25) is 0 Å². The zero-order valence-electron chi connectivity index (χ0n) is 9.07. The number of aromatic nitrogens is 2. The van der Waals surface area contributed by atoms with E-state index in [9.17, 15) is 0 Å². The minimum atomic E-state index is 0.560. The van der Waals surface area contributed by atoms with E-state index in [1.54, 1.807) is 6.26 Å². The SMILES string of the molecule is c1coc(-c2cnc(C3CCNCC3)[nH]2)c1. The zero-order valence-corrected chi connectivity index (χ0v) is 9.07. The second kappa shape index (κ2) is 4.14. The Morgan fingerprint density at radius 3 is 2.94 bits per heavy atom. The molecule has 3 heterocycles. The van der Waals surface area contributed by atoms with Gasteiger partial charge in [-0.3, -0.25) is 0 Å². The monoisotopic (exact) mass is 217 g/mol. The highest BCUT2D eigenvalue weighted by molar-refractivity contribution is 5.50. The van der Waals surface area contributed by atoms with Crippen molar-refractivity contribution in [2.75, 3.05) is 13.1 Å². The van der Waals surface area contributed by atoms with Crippen molar-refractivity contribution in [3.05, 3.63) is 30.4 Å². The summed E-state index contributed by atoms with van der Waals surface area (Å²) in [4.78, 5) is 7.81. The van der Waals surface area contributed by atoms with E-state index in [2.05, 4.69) is 15.3 Å². The fourth-order valence-corrected chi connectivity index (χ4v) is 2.20. The van der Waals surface area contributed by atoms with Crippen LogP contribution in [0.25, 0.3) is 11.5 Å². The van der Waals surface area contributed by atoms with E-state index in [0.717, 1.165) is 43.2 Å². The summed E-state index contributed by atoms with van der Waals surface area (Å²) in [6.45, 7) is 2.17. The molecule has 0 unspecified atom stereocenters. The van der Waals surface area contributed by atoms with Gasteiger partial charge < -0.3 is 14.7 Å². The molecule has 2 aromatic heterocycles. The number of furan rings is 1. The van der Waals surface area contributed by atoms with Gasteiger partial charge in [-0.05, 0) is 38.1 Å². The van der Waals surface area contributed by atoms with Crippen LogP contribution in [0.2, 0.25) is 0 Å². The van der Waals surface area contributed by atoms with E-state index in [-0.39, 0.29) is 0 Å². The highest BCUT2D eigenvalue weighted by Gasteiger charge is 2.18. The van der Waals surface area contributed by atoms with Gasteiger partial charge in [0, 0.05) is 5.92 Å². The highest BCUT2D eigenvalue weighted by atomic mass is 16.3. The second-order valence-corrected chi connectivity index (χ2v) is 4.18. The molecule has 0 atom stereocenters. The maximum Gasteiger partial charge on any atom is 0.151 e. The van der Waals surface area contributed by atoms with Crippen LogP contribution in [-0.4, -0.2) is 23.1 Å². The van der Waals surface area contributed by atoms with Gasteiger partial charge >= 0.3 is 0 Å². The molecule has 0 bridgehead atoms. The van der Waals surface area contributed by atoms with Crippen molar-refractivity contribution < 1.29 is 4.42 Å². The molecule has 2 aromatic rings. The van der Waals surface area contributed by atoms with E-state index in [1.807, 2.05) is 18.3 Å². The first kappa shape index (κ1) is 9.66. The highest BCUT2D eigenvalue weighted by Crippen LogP contribution is 2.25. The molecule has 1 saturated heterocycles. The van der Waals surface area contributed by atoms with E-state index in [4.69, 9.17) is 4.42 Å². The first-order chi connectivity index (χ1) is 7.93. The predicted molar refractivity (Wildman–Crippen MR) is 61.1 cm³/mol.